The van der Waals surface area contributed by atoms with Gasteiger partial charge in [-0.2, -0.15) is 10.2 Å². The van der Waals surface area contributed by atoms with Gasteiger partial charge in [0.25, 0.3) is 0 Å². The molecule has 0 atom stereocenters. The predicted molar refractivity (Wildman–Crippen MR) is 90.0 cm³/mol. The van der Waals surface area contributed by atoms with Crippen LogP contribution in [0.5, 0.6) is 5.88 Å². The molecule has 0 bridgehead atoms. The van der Waals surface area contributed by atoms with Crippen molar-refractivity contribution in [1.29, 1.82) is 0 Å². The molecule has 0 amide bonds. The molecule has 0 spiro atoms. The molecule has 0 saturated heterocycles. The minimum atomic E-state index is 0.433. The van der Waals surface area contributed by atoms with Gasteiger partial charge < -0.3 is 15.8 Å². The van der Waals surface area contributed by atoms with Gasteiger partial charge in [0, 0.05) is 26.0 Å². The fourth-order valence-corrected chi connectivity index (χ4v) is 2.60. The molecule has 126 valence electrons. The van der Waals surface area contributed by atoms with Crippen molar-refractivity contribution in [2.75, 3.05) is 18.2 Å². The minimum absolute atomic E-state index is 0.433. The molecule has 0 aromatic carbocycles. The van der Waals surface area contributed by atoms with E-state index in [2.05, 4.69) is 32.4 Å². The summed E-state index contributed by atoms with van der Waals surface area (Å²) in [7, 11) is 3.49. The van der Waals surface area contributed by atoms with E-state index in [-0.39, 0.29) is 0 Å². The van der Waals surface area contributed by atoms with Gasteiger partial charge in [0.15, 0.2) is 11.6 Å². The molecule has 0 fully saturated rings. The van der Waals surface area contributed by atoms with Crippen LogP contribution in [0.1, 0.15) is 18.2 Å². The molecule has 0 aliphatic heterocycles. The third-order valence-corrected chi connectivity index (χ3v) is 3.72. The van der Waals surface area contributed by atoms with E-state index in [1.54, 1.807) is 28.9 Å². The fraction of sp³-hybridized carbons (Fsp3) is 0.333. The number of anilines is 2. The van der Waals surface area contributed by atoms with Crippen molar-refractivity contribution >= 4 is 11.5 Å². The van der Waals surface area contributed by atoms with E-state index in [1.807, 2.05) is 13.1 Å². The van der Waals surface area contributed by atoms with Gasteiger partial charge in [-0.3, -0.25) is 0 Å². The van der Waals surface area contributed by atoms with Gasteiger partial charge in [-0.1, -0.05) is 6.92 Å². The molecule has 3 aromatic heterocycles. The Morgan fingerprint density at radius 3 is 2.83 bits per heavy atom. The summed E-state index contributed by atoms with van der Waals surface area (Å²) < 4.78 is 8.77. The number of methoxy groups -OCH3 is 1. The fourth-order valence-electron chi connectivity index (χ4n) is 2.60. The number of ether oxygens (including phenoxy) is 1. The second kappa shape index (κ2) is 6.57. The number of aryl methyl sites for hydroxylation is 2. The highest BCUT2D eigenvalue weighted by atomic mass is 16.5. The van der Waals surface area contributed by atoms with Crippen LogP contribution in [0.4, 0.5) is 11.5 Å². The van der Waals surface area contributed by atoms with Crippen molar-refractivity contribution in [3.05, 3.63) is 36.0 Å². The topological polar surface area (TPSA) is 109 Å². The van der Waals surface area contributed by atoms with Gasteiger partial charge in [0.1, 0.15) is 12.0 Å². The molecule has 0 radical (unpaired) electrons. The lowest BCUT2D eigenvalue weighted by molar-refractivity contribution is 0.369. The number of hydrogen-bond acceptors (Lipinski definition) is 7. The summed E-state index contributed by atoms with van der Waals surface area (Å²) in [4.78, 5) is 8.42. The Bertz CT molecular complexity index is 824. The highest BCUT2D eigenvalue weighted by Gasteiger charge is 2.17. The zero-order valence-corrected chi connectivity index (χ0v) is 13.9. The SMILES string of the molecule is CCc1nn(C)c(OC)c1CNc1ncnc(-n2cccn2)c1N. The number of rotatable bonds is 6. The number of nitrogen functional groups attached to an aromatic ring is 1. The maximum Gasteiger partial charge on any atom is 0.216 e. The molecule has 9 heteroatoms. The molecule has 0 aliphatic carbocycles. The van der Waals surface area contributed by atoms with Crippen LogP contribution in [0.15, 0.2) is 24.8 Å². The predicted octanol–water partition coefficient (Wildman–Crippen LogP) is 1.16. The smallest absolute Gasteiger partial charge is 0.216 e. The molecule has 9 nitrogen and oxygen atoms in total. The van der Waals surface area contributed by atoms with Crippen molar-refractivity contribution in [2.45, 2.75) is 19.9 Å². The molecule has 0 unspecified atom stereocenters. The highest BCUT2D eigenvalue weighted by molar-refractivity contribution is 5.69. The highest BCUT2D eigenvalue weighted by Crippen LogP contribution is 2.25. The molecule has 0 saturated carbocycles. The number of nitrogens with two attached hydrogens (primary N) is 1. The molecule has 3 aromatic rings. The molecule has 0 aliphatic rings. The van der Waals surface area contributed by atoms with Crippen molar-refractivity contribution in [3.63, 3.8) is 0 Å². The van der Waals surface area contributed by atoms with E-state index < -0.39 is 0 Å². The minimum Gasteiger partial charge on any atom is -0.481 e. The first kappa shape index (κ1) is 15.8. The van der Waals surface area contributed by atoms with Gasteiger partial charge in [0.05, 0.1) is 18.4 Å². The Morgan fingerprint density at radius 1 is 1.33 bits per heavy atom. The average molecular weight is 328 g/mol. The second-order valence-electron chi connectivity index (χ2n) is 5.18. The summed E-state index contributed by atoms with van der Waals surface area (Å²) in [5.41, 5.74) is 8.58. The molecule has 3 rings (SSSR count). The van der Waals surface area contributed by atoms with Crippen LogP contribution in [-0.2, 0) is 20.0 Å². The Kier molecular flexibility index (Phi) is 4.32. The van der Waals surface area contributed by atoms with Gasteiger partial charge in [-0.05, 0) is 12.5 Å². The summed E-state index contributed by atoms with van der Waals surface area (Å²) in [6.45, 7) is 2.56. The van der Waals surface area contributed by atoms with E-state index in [1.165, 1.54) is 6.33 Å². The number of aromatic nitrogens is 6. The van der Waals surface area contributed by atoms with Crippen molar-refractivity contribution in [3.8, 4) is 11.7 Å². The van der Waals surface area contributed by atoms with Crippen molar-refractivity contribution in [2.24, 2.45) is 7.05 Å². The van der Waals surface area contributed by atoms with Crippen LogP contribution in [0.2, 0.25) is 0 Å². The van der Waals surface area contributed by atoms with Crippen LogP contribution in [-0.4, -0.2) is 36.6 Å². The summed E-state index contributed by atoms with van der Waals surface area (Å²) in [6.07, 6.45) is 5.72. The van der Waals surface area contributed by atoms with E-state index in [4.69, 9.17) is 10.5 Å². The molecule has 24 heavy (non-hydrogen) atoms. The second-order valence-corrected chi connectivity index (χ2v) is 5.18. The van der Waals surface area contributed by atoms with Crippen LogP contribution in [0, 0.1) is 0 Å². The van der Waals surface area contributed by atoms with Crippen LogP contribution in [0.25, 0.3) is 5.82 Å². The number of nitrogens with zero attached hydrogens (tertiary/aromatic N) is 6. The first-order chi connectivity index (χ1) is 11.7. The van der Waals surface area contributed by atoms with Crippen LogP contribution >= 0.6 is 0 Å². The van der Waals surface area contributed by atoms with Crippen molar-refractivity contribution in [1.82, 2.24) is 29.5 Å². The van der Waals surface area contributed by atoms with Gasteiger partial charge in [-0.15, -0.1) is 0 Å². The first-order valence-corrected chi connectivity index (χ1v) is 7.58. The maximum absolute atomic E-state index is 6.18. The summed E-state index contributed by atoms with van der Waals surface area (Å²) in [6, 6.07) is 1.81. The number of nitrogens with one attached hydrogen (secondary N) is 1. The normalized spacial score (nSPS) is 10.8. The molecule has 3 N–H and O–H groups in total. The molecule has 3 heterocycles. The van der Waals surface area contributed by atoms with Gasteiger partial charge in [-0.25, -0.2) is 19.3 Å². The summed E-state index contributed by atoms with van der Waals surface area (Å²) in [5, 5.41) is 11.9. The molecular weight excluding hydrogens is 308 g/mol. The largest absolute Gasteiger partial charge is 0.481 e. The first-order valence-electron chi connectivity index (χ1n) is 7.58. The average Bonchev–Trinajstić information content (AvgIpc) is 3.21. The lowest BCUT2D eigenvalue weighted by Crippen LogP contribution is -2.11. The molecular formula is C15H20N8O. The Labute approximate surface area is 139 Å². The summed E-state index contributed by atoms with van der Waals surface area (Å²) >= 11 is 0. The third-order valence-electron chi connectivity index (χ3n) is 3.72. The summed E-state index contributed by atoms with van der Waals surface area (Å²) in [5.74, 6) is 1.80. The van der Waals surface area contributed by atoms with Crippen molar-refractivity contribution < 1.29 is 4.74 Å². The lowest BCUT2D eigenvalue weighted by atomic mass is 10.2. The lowest BCUT2D eigenvalue weighted by Gasteiger charge is -2.12. The third kappa shape index (κ3) is 2.75. The Hall–Kier alpha value is -3.10. The van der Waals surface area contributed by atoms with Crippen LogP contribution in [0.3, 0.4) is 0 Å². The van der Waals surface area contributed by atoms with Gasteiger partial charge in [0.2, 0.25) is 5.88 Å². The van der Waals surface area contributed by atoms with Gasteiger partial charge >= 0.3 is 0 Å². The standard InChI is InChI=1S/C15H20N8O/c1-4-11-10(15(24-3)22(2)21-11)8-17-13-12(16)14(19-9-18-13)23-7-5-6-20-23/h5-7,9H,4,8,16H2,1-3H3,(H,17,18,19). The maximum atomic E-state index is 6.18. The van der Waals surface area contributed by atoms with Crippen LogP contribution < -0.4 is 15.8 Å². The quantitative estimate of drug-likeness (QED) is 0.699. The number of hydrogen-bond donors (Lipinski definition) is 2. The Balaban J connectivity index is 1.87. The van der Waals surface area contributed by atoms with E-state index in [0.29, 0.717) is 23.9 Å². The zero-order chi connectivity index (χ0) is 17.1. The van der Waals surface area contributed by atoms with E-state index in [9.17, 15) is 0 Å². The van der Waals surface area contributed by atoms with E-state index >= 15 is 0 Å². The monoisotopic (exact) mass is 328 g/mol. The van der Waals surface area contributed by atoms with E-state index in [0.717, 1.165) is 23.6 Å². The Morgan fingerprint density at radius 2 is 2.17 bits per heavy atom. The zero-order valence-electron chi connectivity index (χ0n) is 13.9.